The van der Waals surface area contributed by atoms with Gasteiger partial charge in [0.1, 0.15) is 0 Å². The predicted octanol–water partition coefficient (Wildman–Crippen LogP) is 5.45. The van der Waals surface area contributed by atoms with Crippen LogP contribution in [0.5, 0.6) is 5.88 Å². The number of carbonyl (C=O) groups excluding carboxylic acids is 2. The smallest absolute Gasteiger partial charge is 0.338 e. The van der Waals surface area contributed by atoms with Gasteiger partial charge in [0.2, 0.25) is 5.91 Å². The second-order valence-corrected chi connectivity index (χ2v) is 9.56. The zero-order chi connectivity index (χ0) is 26.5. The predicted molar refractivity (Wildman–Crippen MR) is 144 cm³/mol. The van der Waals surface area contributed by atoms with Crippen LogP contribution in [0.2, 0.25) is 0 Å². The Bertz CT molecular complexity index is 1250. The molecule has 1 aromatic heterocycles. The van der Waals surface area contributed by atoms with Crippen LogP contribution in [0.25, 0.3) is 10.9 Å². The van der Waals surface area contributed by atoms with Gasteiger partial charge in [-0.15, -0.1) is 0 Å². The number of nitrogens with zero attached hydrogens (tertiary/aromatic N) is 2. The number of aromatic nitrogens is 1. The number of carbonyl (C=O) groups is 2. The molecule has 0 unspecified atom stereocenters. The third-order valence-corrected chi connectivity index (χ3v) is 5.85. The summed E-state index contributed by atoms with van der Waals surface area (Å²) >= 11 is 0. The third-order valence-electron chi connectivity index (χ3n) is 5.85. The van der Waals surface area contributed by atoms with Crippen LogP contribution in [0, 0.1) is 0 Å². The van der Waals surface area contributed by atoms with E-state index in [0.717, 1.165) is 23.2 Å². The summed E-state index contributed by atoms with van der Waals surface area (Å²) in [5, 5.41) is 11.5. The van der Waals surface area contributed by atoms with Gasteiger partial charge >= 0.3 is 5.97 Å². The summed E-state index contributed by atoms with van der Waals surface area (Å²) in [6, 6.07) is 12.6. The van der Waals surface area contributed by atoms with Crippen LogP contribution >= 0.6 is 0 Å². The molecule has 8 nitrogen and oxygen atoms in total. The van der Waals surface area contributed by atoms with Crippen molar-refractivity contribution in [3.05, 3.63) is 53.6 Å². The number of ether oxygens (including phenoxy) is 1. The number of rotatable bonds is 10. The van der Waals surface area contributed by atoms with Gasteiger partial charge in [0.15, 0.2) is 5.88 Å². The van der Waals surface area contributed by atoms with E-state index in [1.165, 1.54) is 0 Å². The number of hydrogen-bond donors (Lipinski definition) is 3. The van der Waals surface area contributed by atoms with E-state index < -0.39 is 5.97 Å². The minimum absolute atomic E-state index is 0.00184. The van der Waals surface area contributed by atoms with Crippen molar-refractivity contribution in [2.75, 3.05) is 18.1 Å². The van der Waals surface area contributed by atoms with E-state index >= 15 is 0 Å². The van der Waals surface area contributed by atoms with E-state index in [0.29, 0.717) is 48.3 Å². The van der Waals surface area contributed by atoms with Crippen LogP contribution in [0.4, 0.5) is 11.4 Å². The summed E-state index contributed by atoms with van der Waals surface area (Å²) in [4.78, 5) is 33.9. The van der Waals surface area contributed by atoms with Crippen LogP contribution in [0.1, 0.15) is 69.8 Å². The molecule has 0 saturated heterocycles. The molecule has 192 valence electrons. The number of aromatic amines is 1. The Morgan fingerprint density at radius 3 is 2.42 bits per heavy atom. The van der Waals surface area contributed by atoms with Gasteiger partial charge in [0.05, 0.1) is 29.1 Å². The van der Waals surface area contributed by atoms with Gasteiger partial charge in [0.25, 0.3) is 0 Å². The summed E-state index contributed by atoms with van der Waals surface area (Å²) < 4.78 is 5.08. The average Bonchev–Trinajstić information content (AvgIpc) is 3.14. The van der Waals surface area contributed by atoms with Crippen molar-refractivity contribution in [2.24, 2.45) is 10.7 Å². The van der Waals surface area contributed by atoms with Crippen molar-refractivity contribution in [1.29, 1.82) is 0 Å². The highest BCUT2D eigenvalue weighted by Crippen LogP contribution is 2.32. The topological polar surface area (TPSA) is 121 Å². The van der Waals surface area contributed by atoms with E-state index in [2.05, 4.69) is 4.98 Å². The van der Waals surface area contributed by atoms with E-state index in [4.69, 9.17) is 15.5 Å². The minimum atomic E-state index is -0.410. The van der Waals surface area contributed by atoms with Crippen molar-refractivity contribution in [1.82, 2.24) is 4.98 Å². The number of nitrogens with two attached hydrogens (primary N) is 1. The fourth-order valence-corrected chi connectivity index (χ4v) is 4.02. The molecule has 8 heteroatoms. The first-order valence-corrected chi connectivity index (χ1v) is 12.3. The SMILES string of the molecule is CCCC(=Nc1ccc(N(CCC(C)(C)N)C(C)=O)cc1)c1c(O)[nH]c2cc(C(=O)OCC)ccc12. The highest BCUT2D eigenvalue weighted by Gasteiger charge is 2.19. The van der Waals surface area contributed by atoms with Gasteiger partial charge in [-0.1, -0.05) is 19.4 Å². The van der Waals surface area contributed by atoms with Crippen molar-refractivity contribution < 1.29 is 19.4 Å². The van der Waals surface area contributed by atoms with Crippen molar-refractivity contribution in [3.8, 4) is 5.88 Å². The van der Waals surface area contributed by atoms with Gasteiger partial charge in [0, 0.05) is 35.6 Å². The second kappa shape index (κ2) is 11.4. The third kappa shape index (κ3) is 6.51. The first-order valence-electron chi connectivity index (χ1n) is 12.3. The van der Waals surface area contributed by atoms with Crippen LogP contribution in [0.3, 0.4) is 0 Å². The van der Waals surface area contributed by atoms with Gasteiger partial charge in [-0.2, -0.15) is 0 Å². The summed E-state index contributed by atoms with van der Waals surface area (Å²) in [5.41, 5.74) is 9.61. The Hall–Kier alpha value is -3.65. The van der Waals surface area contributed by atoms with E-state index in [9.17, 15) is 14.7 Å². The maximum atomic E-state index is 12.2. The van der Waals surface area contributed by atoms with E-state index in [1.807, 2.05) is 45.0 Å². The molecule has 1 amide bonds. The zero-order valence-corrected chi connectivity index (χ0v) is 21.7. The van der Waals surface area contributed by atoms with Gasteiger partial charge in [-0.25, -0.2) is 4.79 Å². The molecule has 0 atom stereocenters. The summed E-state index contributed by atoms with van der Waals surface area (Å²) in [6.07, 6.45) is 2.15. The van der Waals surface area contributed by atoms with Crippen molar-refractivity contribution in [3.63, 3.8) is 0 Å². The first-order chi connectivity index (χ1) is 17.0. The number of amides is 1. The lowest BCUT2D eigenvalue weighted by Gasteiger charge is -2.26. The number of H-pyrrole nitrogens is 1. The molecule has 0 spiro atoms. The van der Waals surface area contributed by atoms with Crippen LogP contribution in [0.15, 0.2) is 47.5 Å². The molecule has 0 radical (unpaired) electrons. The van der Waals surface area contributed by atoms with Crippen molar-refractivity contribution >= 4 is 39.9 Å². The monoisotopic (exact) mass is 492 g/mol. The fraction of sp³-hybridized carbons (Fsp3) is 0.393. The van der Waals surface area contributed by atoms with Crippen molar-refractivity contribution in [2.45, 2.75) is 59.4 Å². The molecule has 3 aromatic rings. The van der Waals surface area contributed by atoms with Gasteiger partial charge < -0.3 is 25.5 Å². The standard InChI is InChI=1S/C28H36N4O4/c1-6-8-23(25-22-14-9-19(27(35)36-7-2)17-24(22)31-26(25)34)30-20-10-12-21(13-11-20)32(18(3)33)16-15-28(4,5)29/h9-14,17,31,34H,6-8,15-16,29H2,1-5H3. The number of esters is 1. The van der Waals surface area contributed by atoms with Crippen LogP contribution < -0.4 is 10.6 Å². The maximum Gasteiger partial charge on any atom is 0.338 e. The second-order valence-electron chi connectivity index (χ2n) is 9.56. The lowest BCUT2D eigenvalue weighted by Crippen LogP contribution is -2.39. The quantitative estimate of drug-likeness (QED) is 0.257. The average molecular weight is 493 g/mol. The molecule has 0 bridgehead atoms. The summed E-state index contributed by atoms with van der Waals surface area (Å²) in [5.74, 6) is -0.456. The Labute approximate surface area is 212 Å². The molecule has 2 aromatic carbocycles. The molecular weight excluding hydrogens is 456 g/mol. The Morgan fingerprint density at radius 2 is 1.83 bits per heavy atom. The lowest BCUT2D eigenvalue weighted by atomic mass is 10.0. The molecule has 0 aliphatic carbocycles. The molecule has 36 heavy (non-hydrogen) atoms. The molecule has 1 heterocycles. The molecule has 0 aliphatic heterocycles. The number of hydrogen-bond acceptors (Lipinski definition) is 6. The Morgan fingerprint density at radius 1 is 1.14 bits per heavy atom. The van der Waals surface area contributed by atoms with E-state index in [1.54, 1.807) is 36.9 Å². The van der Waals surface area contributed by atoms with Gasteiger partial charge in [-0.3, -0.25) is 9.79 Å². The number of aliphatic imine (C=N–C) groups is 1. The molecule has 4 N–H and O–H groups in total. The number of nitrogens with one attached hydrogen (secondary N) is 1. The summed E-state index contributed by atoms with van der Waals surface area (Å²) in [7, 11) is 0. The first kappa shape index (κ1) is 26.9. The van der Waals surface area contributed by atoms with Crippen LogP contribution in [-0.4, -0.2) is 46.4 Å². The largest absolute Gasteiger partial charge is 0.494 e. The number of anilines is 1. The molecule has 0 saturated carbocycles. The molecule has 3 rings (SSSR count). The fourth-order valence-electron chi connectivity index (χ4n) is 4.02. The Kier molecular flexibility index (Phi) is 8.53. The van der Waals surface area contributed by atoms with Crippen LogP contribution in [-0.2, 0) is 9.53 Å². The Balaban J connectivity index is 1.94. The number of aromatic hydroxyl groups is 1. The molecule has 0 fully saturated rings. The molecule has 0 aliphatic rings. The molecular formula is C28H36N4O4. The summed E-state index contributed by atoms with van der Waals surface area (Å²) in [6.45, 7) is 10.0. The highest BCUT2D eigenvalue weighted by molar-refractivity contribution is 6.14. The highest BCUT2D eigenvalue weighted by atomic mass is 16.5. The minimum Gasteiger partial charge on any atom is -0.494 e. The van der Waals surface area contributed by atoms with E-state index in [-0.39, 0.29) is 17.3 Å². The van der Waals surface area contributed by atoms with Gasteiger partial charge in [-0.05, 0) is 70.0 Å². The lowest BCUT2D eigenvalue weighted by molar-refractivity contribution is -0.116. The number of benzene rings is 2. The zero-order valence-electron chi connectivity index (χ0n) is 21.7. The number of fused-ring (bicyclic) bond motifs is 1. The normalized spacial score (nSPS) is 12.1. The maximum absolute atomic E-state index is 12.2.